The van der Waals surface area contributed by atoms with Gasteiger partial charge in [0.15, 0.2) is 0 Å². The highest BCUT2D eigenvalue weighted by Crippen LogP contribution is 2.06. The third-order valence-corrected chi connectivity index (χ3v) is 2.38. The van der Waals surface area contributed by atoms with Gasteiger partial charge >= 0.3 is 0 Å². The number of rotatable bonds is 2. The standard InChI is InChI=1S/C10H18N2O2/c1-7(2)9(13)12-8-5-3-4-6-11-10(8)14/h7-8H,3-6H2,1-2H3,(H,11,14)(H,12,13). The third kappa shape index (κ3) is 3.01. The van der Waals surface area contributed by atoms with Gasteiger partial charge < -0.3 is 10.6 Å². The van der Waals surface area contributed by atoms with Crippen LogP contribution in [0.1, 0.15) is 33.1 Å². The van der Waals surface area contributed by atoms with Gasteiger partial charge in [-0.1, -0.05) is 13.8 Å². The summed E-state index contributed by atoms with van der Waals surface area (Å²) in [6, 6.07) is -0.326. The van der Waals surface area contributed by atoms with Crippen molar-refractivity contribution in [2.24, 2.45) is 5.92 Å². The Kier molecular flexibility index (Phi) is 3.92. The molecule has 4 nitrogen and oxygen atoms in total. The molecule has 1 aliphatic heterocycles. The summed E-state index contributed by atoms with van der Waals surface area (Å²) in [5.74, 6) is -0.158. The second kappa shape index (κ2) is 4.98. The second-order valence-electron chi connectivity index (χ2n) is 4.00. The summed E-state index contributed by atoms with van der Waals surface area (Å²) in [6.07, 6.45) is 2.74. The predicted octanol–water partition coefficient (Wildman–Crippen LogP) is 0.427. The van der Waals surface area contributed by atoms with Gasteiger partial charge in [-0.15, -0.1) is 0 Å². The molecular formula is C10H18N2O2. The van der Waals surface area contributed by atoms with Gasteiger partial charge in [0.1, 0.15) is 6.04 Å². The van der Waals surface area contributed by atoms with E-state index in [1.165, 1.54) is 0 Å². The summed E-state index contributed by atoms with van der Waals surface area (Å²) in [6.45, 7) is 4.38. The van der Waals surface area contributed by atoms with E-state index in [1.807, 2.05) is 13.8 Å². The molecule has 1 rings (SSSR count). The Bertz CT molecular complexity index is 226. The summed E-state index contributed by atoms with van der Waals surface area (Å²) in [5.41, 5.74) is 0. The molecule has 1 aliphatic rings. The highest BCUT2D eigenvalue weighted by molar-refractivity contribution is 5.88. The van der Waals surface area contributed by atoms with E-state index in [1.54, 1.807) is 0 Å². The van der Waals surface area contributed by atoms with Crippen LogP contribution in [0.4, 0.5) is 0 Å². The molecule has 0 aromatic carbocycles. The maximum Gasteiger partial charge on any atom is 0.242 e. The van der Waals surface area contributed by atoms with Crippen LogP contribution in [0.3, 0.4) is 0 Å². The second-order valence-corrected chi connectivity index (χ2v) is 4.00. The topological polar surface area (TPSA) is 58.2 Å². The lowest BCUT2D eigenvalue weighted by atomic mass is 10.1. The summed E-state index contributed by atoms with van der Waals surface area (Å²) in [7, 11) is 0. The molecule has 4 heteroatoms. The van der Waals surface area contributed by atoms with E-state index in [0.717, 1.165) is 25.8 Å². The molecule has 2 amide bonds. The lowest BCUT2D eigenvalue weighted by Gasteiger charge is -2.16. The number of carbonyl (C=O) groups excluding carboxylic acids is 2. The zero-order chi connectivity index (χ0) is 10.6. The highest BCUT2D eigenvalue weighted by Gasteiger charge is 2.22. The molecule has 0 spiro atoms. The van der Waals surface area contributed by atoms with Crippen molar-refractivity contribution in [1.29, 1.82) is 0 Å². The zero-order valence-electron chi connectivity index (χ0n) is 8.80. The molecule has 80 valence electrons. The molecule has 0 saturated carbocycles. The van der Waals surface area contributed by atoms with Crippen molar-refractivity contribution in [2.75, 3.05) is 6.54 Å². The van der Waals surface area contributed by atoms with Crippen molar-refractivity contribution in [3.63, 3.8) is 0 Å². The van der Waals surface area contributed by atoms with Crippen LogP contribution >= 0.6 is 0 Å². The largest absolute Gasteiger partial charge is 0.354 e. The van der Waals surface area contributed by atoms with Crippen LogP contribution in [-0.2, 0) is 9.59 Å². The molecule has 1 fully saturated rings. The number of hydrogen-bond acceptors (Lipinski definition) is 2. The van der Waals surface area contributed by atoms with Gasteiger partial charge in [0, 0.05) is 12.5 Å². The van der Waals surface area contributed by atoms with Crippen LogP contribution in [0.15, 0.2) is 0 Å². The first kappa shape index (κ1) is 11.0. The van der Waals surface area contributed by atoms with Crippen LogP contribution in [0, 0.1) is 5.92 Å². The number of hydrogen-bond donors (Lipinski definition) is 2. The number of amides is 2. The third-order valence-electron chi connectivity index (χ3n) is 2.38. The van der Waals surface area contributed by atoms with E-state index >= 15 is 0 Å². The Labute approximate surface area is 84.4 Å². The quantitative estimate of drug-likeness (QED) is 0.676. The summed E-state index contributed by atoms with van der Waals surface area (Å²) in [4.78, 5) is 22.8. The average Bonchev–Trinajstić information content (AvgIpc) is 2.32. The Balaban J connectivity index is 2.48. The van der Waals surface area contributed by atoms with Crippen molar-refractivity contribution in [3.8, 4) is 0 Å². The van der Waals surface area contributed by atoms with E-state index in [2.05, 4.69) is 10.6 Å². The van der Waals surface area contributed by atoms with Crippen LogP contribution in [0.25, 0.3) is 0 Å². The fourth-order valence-corrected chi connectivity index (χ4v) is 1.42. The maximum absolute atomic E-state index is 11.4. The van der Waals surface area contributed by atoms with E-state index in [-0.39, 0.29) is 23.8 Å². The Morgan fingerprint density at radius 1 is 1.50 bits per heavy atom. The SMILES string of the molecule is CC(C)C(=O)NC1CCCCNC1=O. The van der Waals surface area contributed by atoms with Gasteiger partial charge in [-0.05, 0) is 19.3 Å². The van der Waals surface area contributed by atoms with Crippen molar-refractivity contribution in [1.82, 2.24) is 10.6 Å². The average molecular weight is 198 g/mol. The minimum Gasteiger partial charge on any atom is -0.354 e. The predicted molar refractivity (Wildman–Crippen MR) is 53.6 cm³/mol. The molecule has 1 atom stereocenters. The van der Waals surface area contributed by atoms with Gasteiger partial charge in [0.25, 0.3) is 0 Å². The maximum atomic E-state index is 11.4. The highest BCUT2D eigenvalue weighted by atomic mass is 16.2. The molecule has 0 bridgehead atoms. The van der Waals surface area contributed by atoms with E-state index in [9.17, 15) is 9.59 Å². The van der Waals surface area contributed by atoms with Crippen LogP contribution in [0.5, 0.6) is 0 Å². The number of nitrogens with one attached hydrogen (secondary N) is 2. The van der Waals surface area contributed by atoms with Gasteiger partial charge in [0.05, 0.1) is 0 Å². The molecular weight excluding hydrogens is 180 g/mol. The van der Waals surface area contributed by atoms with Gasteiger partial charge in [0.2, 0.25) is 11.8 Å². The van der Waals surface area contributed by atoms with Crippen molar-refractivity contribution >= 4 is 11.8 Å². The molecule has 14 heavy (non-hydrogen) atoms. The summed E-state index contributed by atoms with van der Waals surface area (Å²) >= 11 is 0. The molecule has 1 saturated heterocycles. The molecule has 0 aromatic rings. The monoisotopic (exact) mass is 198 g/mol. The Morgan fingerprint density at radius 2 is 2.21 bits per heavy atom. The van der Waals surface area contributed by atoms with Crippen LogP contribution in [-0.4, -0.2) is 24.4 Å². The van der Waals surface area contributed by atoms with Gasteiger partial charge in [-0.25, -0.2) is 0 Å². The first-order valence-electron chi connectivity index (χ1n) is 5.19. The zero-order valence-corrected chi connectivity index (χ0v) is 8.80. The normalized spacial score (nSPS) is 22.8. The van der Waals surface area contributed by atoms with Crippen LogP contribution < -0.4 is 10.6 Å². The van der Waals surface area contributed by atoms with Crippen molar-refractivity contribution in [2.45, 2.75) is 39.2 Å². The van der Waals surface area contributed by atoms with Crippen molar-refractivity contribution in [3.05, 3.63) is 0 Å². The van der Waals surface area contributed by atoms with Gasteiger partial charge in [-0.2, -0.15) is 0 Å². The smallest absolute Gasteiger partial charge is 0.242 e. The summed E-state index contributed by atoms with van der Waals surface area (Å²) in [5, 5.41) is 5.54. The summed E-state index contributed by atoms with van der Waals surface area (Å²) < 4.78 is 0. The lowest BCUT2D eigenvalue weighted by Crippen LogP contribution is -2.46. The van der Waals surface area contributed by atoms with E-state index < -0.39 is 0 Å². The van der Waals surface area contributed by atoms with Gasteiger partial charge in [-0.3, -0.25) is 9.59 Å². The fraction of sp³-hybridized carbons (Fsp3) is 0.800. The van der Waals surface area contributed by atoms with Crippen molar-refractivity contribution < 1.29 is 9.59 Å². The lowest BCUT2D eigenvalue weighted by molar-refractivity contribution is -0.130. The van der Waals surface area contributed by atoms with E-state index in [4.69, 9.17) is 0 Å². The Hall–Kier alpha value is -1.06. The molecule has 0 aromatic heterocycles. The molecule has 1 unspecified atom stereocenters. The molecule has 0 aliphatic carbocycles. The first-order chi connectivity index (χ1) is 6.61. The number of carbonyl (C=O) groups is 2. The molecule has 0 radical (unpaired) electrons. The minimum atomic E-state index is -0.326. The fourth-order valence-electron chi connectivity index (χ4n) is 1.42. The van der Waals surface area contributed by atoms with E-state index in [0.29, 0.717) is 0 Å². The van der Waals surface area contributed by atoms with Crippen LogP contribution in [0.2, 0.25) is 0 Å². The Morgan fingerprint density at radius 3 is 2.86 bits per heavy atom. The first-order valence-corrected chi connectivity index (χ1v) is 5.19. The minimum absolute atomic E-state index is 0.0449. The molecule has 1 heterocycles. The molecule has 2 N–H and O–H groups in total.